The second-order valence-electron chi connectivity index (χ2n) is 11.1. The number of nitrogens with zero attached hydrogens (tertiary/aromatic N) is 8. The Morgan fingerprint density at radius 3 is 2.52 bits per heavy atom. The molecule has 1 saturated heterocycles. The molecule has 1 fully saturated rings. The van der Waals surface area contributed by atoms with Crippen molar-refractivity contribution in [3.63, 3.8) is 0 Å². The van der Waals surface area contributed by atoms with Crippen LogP contribution in [0, 0.1) is 18.3 Å². The van der Waals surface area contributed by atoms with Gasteiger partial charge in [0.25, 0.3) is 0 Å². The molecule has 42 heavy (non-hydrogen) atoms. The maximum Gasteiger partial charge on any atom is 0.407 e. The number of fused-ring (bicyclic) bond motifs is 3. The van der Waals surface area contributed by atoms with Crippen LogP contribution in [-0.2, 0) is 37.5 Å². The predicted molar refractivity (Wildman–Crippen MR) is 156 cm³/mol. The van der Waals surface area contributed by atoms with E-state index in [1.54, 1.807) is 6.20 Å². The molecule has 3 aliphatic heterocycles. The number of hydrogen-bond donors (Lipinski definition) is 1. The van der Waals surface area contributed by atoms with Gasteiger partial charge in [0.15, 0.2) is 0 Å². The Balaban J connectivity index is 1.02. The molecule has 2 aromatic carbocycles. The first-order valence-electron chi connectivity index (χ1n) is 14.1. The van der Waals surface area contributed by atoms with Gasteiger partial charge in [0.1, 0.15) is 12.6 Å². The second-order valence-corrected chi connectivity index (χ2v) is 11.1. The third-order valence-corrected chi connectivity index (χ3v) is 8.78. The number of piperazine rings is 1. The van der Waals surface area contributed by atoms with Crippen molar-refractivity contribution < 1.29 is 14.7 Å². The molecule has 0 radical (unpaired) electrons. The minimum Gasteiger partial charge on any atom is -0.465 e. The summed E-state index contributed by atoms with van der Waals surface area (Å²) in [4.78, 5) is 36.8. The SMILES string of the molecule is Cc1c2c(nn1CC(=O)N1Cc3ccc(N4CCN(C(=O)O)CC4)cc3C1)CN(c1ccc(C#N)c3ncccc13)C2. The van der Waals surface area contributed by atoms with Gasteiger partial charge < -0.3 is 24.7 Å². The Morgan fingerprint density at radius 2 is 1.76 bits per heavy atom. The van der Waals surface area contributed by atoms with Crippen LogP contribution in [0.2, 0.25) is 0 Å². The molecule has 5 heterocycles. The molecule has 3 aliphatic rings. The lowest BCUT2D eigenvalue weighted by molar-refractivity contribution is -0.132. The van der Waals surface area contributed by atoms with Crippen LogP contribution in [-0.4, -0.2) is 67.9 Å². The monoisotopic (exact) mass is 562 g/mol. The molecule has 11 nitrogen and oxygen atoms in total. The van der Waals surface area contributed by atoms with E-state index in [0.29, 0.717) is 63.4 Å². The maximum absolute atomic E-state index is 13.4. The summed E-state index contributed by atoms with van der Waals surface area (Å²) in [6.07, 6.45) is 0.838. The van der Waals surface area contributed by atoms with E-state index in [1.165, 1.54) is 4.90 Å². The molecule has 7 rings (SSSR count). The summed E-state index contributed by atoms with van der Waals surface area (Å²) in [6, 6.07) is 16.2. The van der Waals surface area contributed by atoms with Crippen molar-refractivity contribution in [2.24, 2.45) is 0 Å². The Hall–Kier alpha value is -5.11. The van der Waals surface area contributed by atoms with Gasteiger partial charge in [0.05, 0.1) is 23.3 Å². The maximum atomic E-state index is 13.4. The van der Waals surface area contributed by atoms with Crippen molar-refractivity contribution in [2.75, 3.05) is 36.0 Å². The molecular weight excluding hydrogens is 532 g/mol. The fraction of sp³-hybridized carbons (Fsp3) is 0.323. The van der Waals surface area contributed by atoms with E-state index in [4.69, 9.17) is 5.10 Å². The van der Waals surface area contributed by atoms with Gasteiger partial charge in [-0.1, -0.05) is 6.07 Å². The van der Waals surface area contributed by atoms with Gasteiger partial charge in [0.2, 0.25) is 5.91 Å². The summed E-state index contributed by atoms with van der Waals surface area (Å²) in [6.45, 7) is 6.97. The zero-order valence-electron chi connectivity index (χ0n) is 23.3. The molecule has 0 atom stereocenters. The van der Waals surface area contributed by atoms with Crippen LogP contribution in [0.15, 0.2) is 48.7 Å². The number of amides is 2. The third kappa shape index (κ3) is 4.36. The molecule has 0 unspecified atom stereocenters. The number of carbonyl (C=O) groups is 2. The van der Waals surface area contributed by atoms with E-state index < -0.39 is 6.09 Å². The Labute approximate surface area is 242 Å². The van der Waals surface area contributed by atoms with Gasteiger partial charge in [-0.25, -0.2) is 4.79 Å². The second kappa shape index (κ2) is 10.1. The highest BCUT2D eigenvalue weighted by Crippen LogP contribution is 2.35. The molecular formula is C31H30N8O3. The predicted octanol–water partition coefficient (Wildman–Crippen LogP) is 3.47. The average Bonchev–Trinajstić information content (AvgIpc) is 3.70. The first-order valence-corrected chi connectivity index (χ1v) is 14.1. The summed E-state index contributed by atoms with van der Waals surface area (Å²) >= 11 is 0. The normalized spacial score (nSPS) is 16.1. The quantitative estimate of drug-likeness (QED) is 0.401. The molecule has 2 aromatic heterocycles. The van der Waals surface area contributed by atoms with Crippen LogP contribution < -0.4 is 9.80 Å². The first-order chi connectivity index (χ1) is 20.4. The van der Waals surface area contributed by atoms with E-state index in [1.807, 2.05) is 40.8 Å². The number of aromatic nitrogens is 3. The first kappa shape index (κ1) is 25.8. The van der Waals surface area contributed by atoms with Gasteiger partial charge in [-0.05, 0) is 54.4 Å². The fourth-order valence-corrected chi connectivity index (χ4v) is 6.39. The lowest BCUT2D eigenvalue weighted by Gasteiger charge is -2.34. The topological polar surface area (TPSA) is 122 Å². The molecule has 212 valence electrons. The summed E-state index contributed by atoms with van der Waals surface area (Å²) in [5.74, 6) is 0.0353. The fourth-order valence-electron chi connectivity index (χ4n) is 6.39. The van der Waals surface area contributed by atoms with E-state index in [0.717, 1.165) is 44.8 Å². The van der Waals surface area contributed by atoms with Gasteiger partial charge in [-0.15, -0.1) is 0 Å². The molecule has 0 bridgehead atoms. The van der Waals surface area contributed by atoms with Crippen molar-refractivity contribution in [1.29, 1.82) is 5.26 Å². The molecule has 0 saturated carbocycles. The minimum atomic E-state index is -0.870. The number of pyridine rings is 1. The highest BCUT2D eigenvalue weighted by Gasteiger charge is 2.30. The highest BCUT2D eigenvalue weighted by atomic mass is 16.4. The summed E-state index contributed by atoms with van der Waals surface area (Å²) in [7, 11) is 0. The summed E-state index contributed by atoms with van der Waals surface area (Å²) in [5.41, 5.74) is 8.76. The number of benzene rings is 2. The standard InChI is InChI=1S/C31H30N8O3/c1-20-26-17-37(28-7-5-21(14-32)30-25(28)3-2-8-33-30)18-27(26)34-39(20)19-29(40)38-15-22-4-6-24(13-23(22)16-38)35-9-11-36(12-10-35)31(41)42/h2-8,13H,9-12,15-19H2,1H3,(H,41,42). The highest BCUT2D eigenvalue weighted by molar-refractivity contribution is 5.95. The Bertz CT molecular complexity index is 1780. The van der Waals surface area contributed by atoms with Gasteiger partial charge in [-0.2, -0.15) is 10.4 Å². The zero-order valence-corrected chi connectivity index (χ0v) is 23.3. The molecule has 1 N–H and O–H groups in total. The van der Waals surface area contributed by atoms with Crippen LogP contribution in [0.25, 0.3) is 10.9 Å². The number of anilines is 2. The van der Waals surface area contributed by atoms with Gasteiger partial charge in [0, 0.05) is 80.0 Å². The van der Waals surface area contributed by atoms with E-state index in [2.05, 4.69) is 39.1 Å². The largest absolute Gasteiger partial charge is 0.465 e. The summed E-state index contributed by atoms with van der Waals surface area (Å²) in [5, 5.41) is 24.5. The molecule has 2 amide bonds. The van der Waals surface area contributed by atoms with Crippen molar-refractivity contribution in [1.82, 2.24) is 24.6 Å². The van der Waals surface area contributed by atoms with Crippen LogP contribution in [0.3, 0.4) is 0 Å². The van der Waals surface area contributed by atoms with Crippen molar-refractivity contribution in [3.05, 3.63) is 82.3 Å². The number of carbonyl (C=O) groups excluding carboxylic acids is 1. The molecule has 4 aromatic rings. The average molecular weight is 563 g/mol. The Morgan fingerprint density at radius 1 is 0.952 bits per heavy atom. The number of hydrogen-bond acceptors (Lipinski definition) is 7. The number of rotatable bonds is 4. The van der Waals surface area contributed by atoms with Crippen molar-refractivity contribution in [2.45, 2.75) is 39.6 Å². The van der Waals surface area contributed by atoms with Crippen LogP contribution in [0.5, 0.6) is 0 Å². The Kier molecular flexibility index (Phi) is 6.19. The van der Waals surface area contributed by atoms with E-state index in [-0.39, 0.29) is 12.5 Å². The van der Waals surface area contributed by atoms with E-state index >= 15 is 0 Å². The lowest BCUT2D eigenvalue weighted by atomic mass is 10.1. The lowest BCUT2D eigenvalue weighted by Crippen LogP contribution is -2.48. The molecule has 0 aliphatic carbocycles. The minimum absolute atomic E-state index is 0.0353. The summed E-state index contributed by atoms with van der Waals surface area (Å²) < 4.78 is 1.83. The van der Waals surface area contributed by atoms with E-state index in [9.17, 15) is 20.0 Å². The van der Waals surface area contributed by atoms with Crippen LogP contribution >= 0.6 is 0 Å². The molecule has 0 spiro atoms. The van der Waals surface area contributed by atoms with Gasteiger partial charge >= 0.3 is 6.09 Å². The zero-order chi connectivity index (χ0) is 29.0. The third-order valence-electron chi connectivity index (χ3n) is 8.78. The van der Waals surface area contributed by atoms with Gasteiger partial charge in [-0.3, -0.25) is 14.5 Å². The molecule has 11 heteroatoms. The van der Waals surface area contributed by atoms with Crippen LogP contribution in [0.1, 0.15) is 33.6 Å². The van der Waals surface area contributed by atoms with Crippen molar-refractivity contribution in [3.8, 4) is 6.07 Å². The van der Waals surface area contributed by atoms with Crippen LogP contribution in [0.4, 0.5) is 16.2 Å². The number of carboxylic acid groups (broad SMARTS) is 1. The number of nitriles is 1. The van der Waals surface area contributed by atoms with Crippen molar-refractivity contribution >= 4 is 34.3 Å². The smallest absolute Gasteiger partial charge is 0.407 e.